The van der Waals surface area contributed by atoms with Crippen LogP contribution in [0.5, 0.6) is 0 Å². The van der Waals surface area contributed by atoms with Crippen LogP contribution < -0.4 is 5.32 Å². The minimum atomic E-state index is 1.24. The van der Waals surface area contributed by atoms with E-state index in [9.17, 15) is 0 Å². The summed E-state index contributed by atoms with van der Waals surface area (Å²) >= 11 is 0. The van der Waals surface area contributed by atoms with E-state index in [1.165, 1.54) is 199 Å². The number of nitrogens with one attached hydrogen (secondary N) is 1. The molecule has 1 heteroatoms. The molecule has 0 aromatic heterocycles. The zero-order valence-corrected chi connectivity index (χ0v) is 25.6. The molecule has 1 nitrogen and oxygen atoms in total. The maximum atomic E-state index is 3.67. The fourth-order valence-electron chi connectivity index (χ4n) is 5.24. The van der Waals surface area contributed by atoms with Crippen LogP contribution >= 0.6 is 0 Å². The summed E-state index contributed by atoms with van der Waals surface area (Å²) in [5.41, 5.74) is 0. The van der Waals surface area contributed by atoms with E-state index in [4.69, 9.17) is 0 Å². The van der Waals surface area contributed by atoms with Gasteiger partial charge in [-0.1, -0.05) is 174 Å². The Bertz CT molecular complexity index is 388. The summed E-state index contributed by atoms with van der Waals surface area (Å²) in [6.45, 7) is 7.07. The van der Waals surface area contributed by atoms with E-state index in [-0.39, 0.29) is 0 Å². The number of hydrogen-bond donors (Lipinski definition) is 1. The number of allylic oxidation sites excluding steroid dienone is 2. The summed E-state index contributed by atoms with van der Waals surface area (Å²) in [7, 11) is 0. The van der Waals surface area contributed by atoms with Gasteiger partial charge in [-0.2, -0.15) is 0 Å². The van der Waals surface area contributed by atoms with E-state index < -0.39 is 0 Å². The highest BCUT2D eigenvalue weighted by Gasteiger charge is 1.95. The molecule has 0 bridgehead atoms. The van der Waals surface area contributed by atoms with Gasteiger partial charge in [0.25, 0.3) is 0 Å². The van der Waals surface area contributed by atoms with Crippen molar-refractivity contribution in [1.82, 2.24) is 5.32 Å². The molecule has 0 aromatic rings. The van der Waals surface area contributed by atoms with Gasteiger partial charge in [0.2, 0.25) is 0 Å². The Kier molecular flexibility index (Phi) is 34.4. The number of rotatable bonds is 32. The minimum absolute atomic E-state index is 1.24. The summed E-state index contributed by atoms with van der Waals surface area (Å²) in [5.74, 6) is 0. The van der Waals surface area contributed by atoms with E-state index in [0.29, 0.717) is 0 Å². The molecule has 0 radical (unpaired) electrons. The topological polar surface area (TPSA) is 12.0 Å². The van der Waals surface area contributed by atoms with Crippen LogP contribution in [0.3, 0.4) is 0 Å². The van der Waals surface area contributed by atoms with E-state index in [2.05, 4.69) is 31.3 Å². The first-order valence-corrected chi connectivity index (χ1v) is 17.3. The molecule has 0 amide bonds. The van der Waals surface area contributed by atoms with Crippen LogP contribution in [-0.4, -0.2) is 13.1 Å². The second-order valence-corrected chi connectivity index (χ2v) is 11.6. The minimum Gasteiger partial charge on any atom is -0.317 e. The summed E-state index contributed by atoms with van der Waals surface area (Å²) in [6, 6.07) is 0. The van der Waals surface area contributed by atoms with Gasteiger partial charge in [-0.15, -0.1) is 0 Å². The molecule has 0 saturated heterocycles. The molecular formula is C35H71N. The third kappa shape index (κ3) is 33.7. The second kappa shape index (κ2) is 34.7. The Hall–Kier alpha value is -0.300. The summed E-state index contributed by atoms with van der Waals surface area (Å²) in [5, 5.41) is 3.67. The van der Waals surface area contributed by atoms with Crippen molar-refractivity contribution in [3.05, 3.63) is 12.2 Å². The van der Waals surface area contributed by atoms with Gasteiger partial charge in [0.15, 0.2) is 0 Å². The van der Waals surface area contributed by atoms with Crippen LogP contribution in [0.2, 0.25) is 0 Å². The normalized spacial score (nSPS) is 11.7. The molecule has 0 saturated carbocycles. The van der Waals surface area contributed by atoms with E-state index in [1.807, 2.05) is 0 Å². The Morgan fingerprint density at radius 2 is 0.556 bits per heavy atom. The quantitative estimate of drug-likeness (QED) is 0.0707. The zero-order valence-electron chi connectivity index (χ0n) is 25.6. The smallest absolute Gasteiger partial charge is 0.00489 e. The third-order valence-electron chi connectivity index (χ3n) is 7.82. The molecule has 0 spiro atoms. The molecule has 0 aliphatic rings. The number of hydrogen-bond acceptors (Lipinski definition) is 1. The van der Waals surface area contributed by atoms with Gasteiger partial charge in [0.05, 0.1) is 0 Å². The monoisotopic (exact) mass is 506 g/mol. The van der Waals surface area contributed by atoms with Crippen molar-refractivity contribution in [3.8, 4) is 0 Å². The first-order chi connectivity index (χ1) is 17.9. The Morgan fingerprint density at radius 1 is 0.306 bits per heavy atom. The predicted octanol–water partition coefficient (Wildman–Crippen LogP) is 12.5. The largest absolute Gasteiger partial charge is 0.317 e. The molecule has 0 aliphatic carbocycles. The van der Waals surface area contributed by atoms with Crippen LogP contribution in [0.1, 0.15) is 200 Å². The highest BCUT2D eigenvalue weighted by Crippen LogP contribution is 2.13. The van der Waals surface area contributed by atoms with Crippen LogP contribution in [0.15, 0.2) is 12.2 Å². The zero-order chi connectivity index (χ0) is 26.0. The number of unbranched alkanes of at least 4 members (excludes halogenated alkanes) is 26. The van der Waals surface area contributed by atoms with Gasteiger partial charge in [0.1, 0.15) is 0 Å². The first-order valence-electron chi connectivity index (χ1n) is 17.3. The Labute approximate surface area is 230 Å². The van der Waals surface area contributed by atoms with Crippen molar-refractivity contribution < 1.29 is 0 Å². The molecular weight excluding hydrogens is 434 g/mol. The maximum Gasteiger partial charge on any atom is -0.00489 e. The summed E-state index contributed by atoms with van der Waals surface area (Å²) < 4.78 is 0. The van der Waals surface area contributed by atoms with Gasteiger partial charge in [0, 0.05) is 0 Å². The standard InChI is InChI=1S/C35H71N/c1-3-5-7-9-11-13-15-17-19-21-23-25-27-29-31-33-35-36-34-32-30-28-26-24-22-20-18-16-14-12-10-8-6-4-2/h17,19,36H,3-16,18,20-35H2,1-2H3/b19-17-. The third-order valence-corrected chi connectivity index (χ3v) is 7.82. The molecule has 0 rings (SSSR count). The average Bonchev–Trinajstić information content (AvgIpc) is 2.89. The summed E-state index contributed by atoms with van der Waals surface area (Å²) in [4.78, 5) is 0. The lowest BCUT2D eigenvalue weighted by molar-refractivity contribution is 0.522. The maximum absolute atomic E-state index is 3.67. The molecule has 0 aliphatic heterocycles. The molecule has 0 heterocycles. The second-order valence-electron chi connectivity index (χ2n) is 11.6. The van der Waals surface area contributed by atoms with Crippen molar-refractivity contribution in [1.29, 1.82) is 0 Å². The highest BCUT2D eigenvalue weighted by molar-refractivity contribution is 4.81. The Balaban J connectivity index is 3.05. The van der Waals surface area contributed by atoms with E-state index >= 15 is 0 Å². The average molecular weight is 506 g/mol. The van der Waals surface area contributed by atoms with Crippen LogP contribution in [0.4, 0.5) is 0 Å². The van der Waals surface area contributed by atoms with Gasteiger partial charge in [-0.25, -0.2) is 0 Å². The van der Waals surface area contributed by atoms with Gasteiger partial charge < -0.3 is 5.32 Å². The van der Waals surface area contributed by atoms with Crippen molar-refractivity contribution in [2.75, 3.05) is 13.1 Å². The van der Waals surface area contributed by atoms with Gasteiger partial charge in [-0.05, 0) is 51.6 Å². The van der Waals surface area contributed by atoms with Crippen molar-refractivity contribution in [2.45, 2.75) is 200 Å². The van der Waals surface area contributed by atoms with E-state index in [0.717, 1.165) is 0 Å². The van der Waals surface area contributed by atoms with Crippen molar-refractivity contribution in [3.63, 3.8) is 0 Å². The fourth-order valence-corrected chi connectivity index (χ4v) is 5.24. The van der Waals surface area contributed by atoms with Crippen molar-refractivity contribution >= 4 is 0 Å². The molecule has 1 N–H and O–H groups in total. The summed E-state index contributed by atoms with van der Waals surface area (Å²) in [6.07, 6.45) is 46.3. The van der Waals surface area contributed by atoms with Crippen LogP contribution in [0, 0.1) is 0 Å². The lowest BCUT2D eigenvalue weighted by Crippen LogP contribution is -2.16. The van der Waals surface area contributed by atoms with Crippen LogP contribution in [0.25, 0.3) is 0 Å². The molecule has 0 fully saturated rings. The SMILES string of the molecule is CCCCCCCC/C=C\CCCCCCCCNCCCCCCCCCCCCCCCCC. The predicted molar refractivity (Wildman–Crippen MR) is 167 cm³/mol. The molecule has 0 unspecified atom stereocenters. The lowest BCUT2D eigenvalue weighted by Gasteiger charge is -2.05. The fraction of sp³-hybridized carbons (Fsp3) is 0.943. The Morgan fingerprint density at radius 3 is 0.861 bits per heavy atom. The molecule has 0 atom stereocenters. The molecule has 36 heavy (non-hydrogen) atoms. The molecule has 216 valence electrons. The first kappa shape index (κ1) is 35.7. The highest BCUT2D eigenvalue weighted by atomic mass is 14.8. The lowest BCUT2D eigenvalue weighted by atomic mass is 10.0. The van der Waals surface area contributed by atoms with Gasteiger partial charge in [-0.3, -0.25) is 0 Å². The van der Waals surface area contributed by atoms with Crippen LogP contribution in [-0.2, 0) is 0 Å². The molecule has 0 aromatic carbocycles. The van der Waals surface area contributed by atoms with Crippen molar-refractivity contribution in [2.24, 2.45) is 0 Å². The van der Waals surface area contributed by atoms with Gasteiger partial charge >= 0.3 is 0 Å². The van der Waals surface area contributed by atoms with E-state index in [1.54, 1.807) is 0 Å².